The van der Waals surface area contributed by atoms with Crippen molar-refractivity contribution in [1.29, 1.82) is 5.26 Å². The molecule has 0 radical (unpaired) electrons. The average Bonchev–Trinajstić information content (AvgIpc) is 2.62. The van der Waals surface area contributed by atoms with E-state index in [9.17, 15) is 5.26 Å². The van der Waals surface area contributed by atoms with E-state index < -0.39 is 0 Å². The molecule has 2 rings (SSSR count). The average molecular weight is 376 g/mol. The van der Waals surface area contributed by atoms with Crippen molar-refractivity contribution in [2.75, 3.05) is 7.11 Å². The highest BCUT2D eigenvalue weighted by Crippen LogP contribution is 2.38. The summed E-state index contributed by atoms with van der Waals surface area (Å²) in [6, 6.07) is 12.9. The Balaban J connectivity index is 2.43. The number of rotatable bonds is 6. The zero-order chi connectivity index (χ0) is 18.4. The van der Waals surface area contributed by atoms with E-state index >= 15 is 0 Å². The molecule has 0 saturated heterocycles. The first-order chi connectivity index (χ1) is 12.0. The maximum atomic E-state index is 9.47. The zero-order valence-corrected chi connectivity index (χ0v) is 15.9. The van der Waals surface area contributed by atoms with E-state index in [4.69, 9.17) is 32.7 Å². The lowest BCUT2D eigenvalue weighted by Gasteiger charge is -2.17. The van der Waals surface area contributed by atoms with Gasteiger partial charge in [0.25, 0.3) is 0 Å². The largest absolute Gasteiger partial charge is 0.493 e. The lowest BCUT2D eigenvalue weighted by Crippen LogP contribution is -2.11. The zero-order valence-electron chi connectivity index (χ0n) is 14.3. The van der Waals surface area contributed by atoms with Crippen molar-refractivity contribution in [2.24, 2.45) is 0 Å². The van der Waals surface area contributed by atoms with E-state index in [1.54, 1.807) is 49.6 Å². The van der Waals surface area contributed by atoms with Crippen LogP contribution in [-0.2, 0) is 0 Å². The molecule has 0 aliphatic heterocycles. The number of allylic oxidation sites excluding steroid dienone is 1. The van der Waals surface area contributed by atoms with E-state index in [0.29, 0.717) is 27.1 Å². The van der Waals surface area contributed by atoms with Crippen LogP contribution in [0.25, 0.3) is 11.6 Å². The summed E-state index contributed by atoms with van der Waals surface area (Å²) in [5.74, 6) is 1.05. The van der Waals surface area contributed by atoms with Gasteiger partial charge in [0.05, 0.1) is 29.9 Å². The van der Waals surface area contributed by atoms with Crippen molar-refractivity contribution in [1.82, 2.24) is 0 Å². The molecular formula is C20H19Cl2NO2. The van der Waals surface area contributed by atoms with Gasteiger partial charge in [-0.3, -0.25) is 0 Å². The second-order valence-corrected chi connectivity index (χ2v) is 6.39. The number of halogens is 2. The third-order valence-corrected chi connectivity index (χ3v) is 4.27. The lowest BCUT2D eigenvalue weighted by atomic mass is 10.0. The fourth-order valence-corrected chi connectivity index (χ4v) is 2.59. The van der Waals surface area contributed by atoms with Crippen LogP contribution in [0.1, 0.15) is 31.4 Å². The van der Waals surface area contributed by atoms with Gasteiger partial charge in [0, 0.05) is 5.02 Å². The number of hydrogen-bond donors (Lipinski definition) is 0. The minimum atomic E-state index is 0.0246. The predicted molar refractivity (Wildman–Crippen MR) is 103 cm³/mol. The summed E-state index contributed by atoms with van der Waals surface area (Å²) in [6.45, 7) is 4.01. The lowest BCUT2D eigenvalue weighted by molar-refractivity contribution is 0.208. The maximum Gasteiger partial charge on any atom is 0.180 e. The Morgan fingerprint density at radius 3 is 2.48 bits per heavy atom. The van der Waals surface area contributed by atoms with Gasteiger partial charge in [0.15, 0.2) is 11.5 Å². The number of ether oxygens (including phenoxy) is 2. The van der Waals surface area contributed by atoms with E-state index in [1.165, 1.54) is 0 Å². The highest BCUT2D eigenvalue weighted by molar-refractivity contribution is 6.32. The molecule has 0 heterocycles. The summed E-state index contributed by atoms with van der Waals surface area (Å²) >= 11 is 12.3. The summed E-state index contributed by atoms with van der Waals surface area (Å²) in [5, 5.41) is 10.5. The monoisotopic (exact) mass is 375 g/mol. The Morgan fingerprint density at radius 2 is 1.92 bits per heavy atom. The molecule has 2 aromatic carbocycles. The Kier molecular flexibility index (Phi) is 6.75. The topological polar surface area (TPSA) is 42.2 Å². The molecule has 0 aromatic heterocycles. The standard InChI is InChI=1S/C20H19Cl2NO2/c1-4-13(2)25-20-18(22)10-14(11-19(20)24-3)9-16(12-23)15-5-7-17(21)8-6-15/h5-11,13H,4H2,1-3H3/b16-9+/t13-/m1/s1. The minimum Gasteiger partial charge on any atom is -0.493 e. The number of nitriles is 1. The fraction of sp³-hybridized carbons (Fsp3) is 0.250. The van der Waals surface area contributed by atoms with Crippen LogP contribution in [0.5, 0.6) is 11.5 Å². The first-order valence-electron chi connectivity index (χ1n) is 7.90. The van der Waals surface area contributed by atoms with Gasteiger partial charge in [-0.15, -0.1) is 0 Å². The Labute approximate surface area is 158 Å². The Hall–Kier alpha value is -2.15. The van der Waals surface area contributed by atoms with Crippen LogP contribution < -0.4 is 9.47 Å². The van der Waals surface area contributed by atoms with Gasteiger partial charge in [-0.2, -0.15) is 5.26 Å². The number of hydrogen-bond acceptors (Lipinski definition) is 3. The van der Waals surface area contributed by atoms with Crippen LogP contribution in [0.2, 0.25) is 10.0 Å². The summed E-state index contributed by atoms with van der Waals surface area (Å²) in [7, 11) is 1.56. The molecule has 0 bridgehead atoms. The Morgan fingerprint density at radius 1 is 1.24 bits per heavy atom. The normalized spacial score (nSPS) is 12.4. The van der Waals surface area contributed by atoms with Gasteiger partial charge in [0.2, 0.25) is 0 Å². The molecule has 0 spiro atoms. The molecule has 1 atom stereocenters. The number of nitrogens with zero attached hydrogens (tertiary/aromatic N) is 1. The van der Waals surface area contributed by atoms with Crippen LogP contribution >= 0.6 is 23.2 Å². The maximum absolute atomic E-state index is 9.47. The van der Waals surface area contributed by atoms with Crippen molar-refractivity contribution < 1.29 is 9.47 Å². The summed E-state index contributed by atoms with van der Waals surface area (Å²) in [5.41, 5.74) is 2.04. The van der Waals surface area contributed by atoms with Crippen LogP contribution in [-0.4, -0.2) is 13.2 Å². The van der Waals surface area contributed by atoms with E-state index in [1.807, 2.05) is 13.8 Å². The van der Waals surface area contributed by atoms with Gasteiger partial charge in [0.1, 0.15) is 0 Å². The van der Waals surface area contributed by atoms with Gasteiger partial charge in [-0.05, 0) is 54.8 Å². The highest BCUT2D eigenvalue weighted by Gasteiger charge is 2.14. The summed E-state index contributed by atoms with van der Waals surface area (Å²) < 4.78 is 11.3. The van der Waals surface area contributed by atoms with Crippen molar-refractivity contribution >= 4 is 34.9 Å². The molecule has 0 N–H and O–H groups in total. The van der Waals surface area contributed by atoms with Crippen molar-refractivity contribution in [3.63, 3.8) is 0 Å². The van der Waals surface area contributed by atoms with Gasteiger partial charge in [-0.1, -0.05) is 42.3 Å². The Bertz CT molecular complexity index is 808. The molecule has 0 aliphatic carbocycles. The molecule has 0 unspecified atom stereocenters. The number of methoxy groups -OCH3 is 1. The van der Waals surface area contributed by atoms with Crippen molar-refractivity contribution in [2.45, 2.75) is 26.4 Å². The smallest absolute Gasteiger partial charge is 0.180 e. The molecule has 0 saturated carbocycles. The second-order valence-electron chi connectivity index (χ2n) is 5.55. The minimum absolute atomic E-state index is 0.0246. The van der Waals surface area contributed by atoms with Crippen LogP contribution in [0.4, 0.5) is 0 Å². The molecule has 3 nitrogen and oxygen atoms in total. The van der Waals surface area contributed by atoms with Gasteiger partial charge >= 0.3 is 0 Å². The molecule has 5 heteroatoms. The molecule has 130 valence electrons. The van der Waals surface area contributed by atoms with Crippen LogP contribution in [0.15, 0.2) is 36.4 Å². The summed E-state index contributed by atoms with van der Waals surface area (Å²) in [6.07, 6.45) is 2.64. The number of benzene rings is 2. The van der Waals surface area contributed by atoms with E-state index in [-0.39, 0.29) is 6.10 Å². The SMILES string of the molecule is CC[C@@H](C)Oc1c(Cl)cc(/C=C(\C#N)c2ccc(Cl)cc2)cc1OC. The molecule has 0 fully saturated rings. The summed E-state index contributed by atoms with van der Waals surface area (Å²) in [4.78, 5) is 0. The molecule has 0 aliphatic rings. The molecule has 0 amide bonds. The van der Waals surface area contributed by atoms with Crippen LogP contribution in [0.3, 0.4) is 0 Å². The fourth-order valence-electron chi connectivity index (χ4n) is 2.20. The van der Waals surface area contributed by atoms with E-state index in [2.05, 4.69) is 6.07 Å². The van der Waals surface area contributed by atoms with Crippen molar-refractivity contribution in [3.05, 3.63) is 57.6 Å². The highest BCUT2D eigenvalue weighted by atomic mass is 35.5. The first kappa shape index (κ1) is 19.2. The third-order valence-electron chi connectivity index (χ3n) is 3.73. The third kappa shape index (κ3) is 4.92. The second kappa shape index (κ2) is 8.80. The molecule has 25 heavy (non-hydrogen) atoms. The van der Waals surface area contributed by atoms with Crippen LogP contribution in [0, 0.1) is 11.3 Å². The molecule has 2 aromatic rings. The van der Waals surface area contributed by atoms with E-state index in [0.717, 1.165) is 17.5 Å². The van der Waals surface area contributed by atoms with Crippen molar-refractivity contribution in [3.8, 4) is 17.6 Å². The van der Waals surface area contributed by atoms with Gasteiger partial charge in [-0.25, -0.2) is 0 Å². The molecular weight excluding hydrogens is 357 g/mol. The quantitative estimate of drug-likeness (QED) is 0.442. The van der Waals surface area contributed by atoms with Gasteiger partial charge < -0.3 is 9.47 Å². The first-order valence-corrected chi connectivity index (χ1v) is 8.66. The predicted octanol–water partition coefficient (Wildman–Crippen LogP) is 6.24.